The Hall–Kier alpha value is -4.56. The number of benzene rings is 3. The molecule has 0 N–H and O–H groups in total. The predicted octanol–water partition coefficient (Wildman–Crippen LogP) is 6.30. The summed E-state index contributed by atoms with van der Waals surface area (Å²) in [6.45, 7) is -4.37. The summed E-state index contributed by atoms with van der Waals surface area (Å²) < 4.78 is 218. The van der Waals surface area contributed by atoms with E-state index < -0.39 is 122 Å². The van der Waals surface area contributed by atoms with Crippen LogP contribution in [0.15, 0.2) is 70.5 Å². The molecule has 3 aromatic carbocycles. The van der Waals surface area contributed by atoms with Gasteiger partial charge in [0.1, 0.15) is 0 Å². The fraction of sp³-hybridized carbons (Fsp3) is 0.455. The summed E-state index contributed by atoms with van der Waals surface area (Å²) in [5.74, 6) is 0. The summed E-state index contributed by atoms with van der Waals surface area (Å²) in [7, 11) is -8.70. The number of amides is 2. The third kappa shape index (κ3) is 10.4. The molecule has 0 radical (unpaired) electrons. The number of fused-ring (bicyclic) bond motifs is 1. The van der Waals surface area contributed by atoms with Crippen molar-refractivity contribution in [3.05, 3.63) is 71.8 Å². The van der Waals surface area contributed by atoms with Crippen LogP contribution in [0.25, 0.3) is 10.8 Å². The molecule has 3 aromatic rings. The monoisotopic (exact) mass is 902 g/mol. The Morgan fingerprint density at radius 3 is 1.42 bits per heavy atom. The Balaban J connectivity index is 1.26. The summed E-state index contributed by atoms with van der Waals surface area (Å²) in [5, 5.41) is 0.899. The predicted molar refractivity (Wildman–Crippen MR) is 179 cm³/mol. The molecule has 0 saturated carbocycles. The van der Waals surface area contributed by atoms with Crippen molar-refractivity contribution in [2.75, 3.05) is 52.4 Å². The zero-order valence-electron chi connectivity index (χ0n) is 29.7. The van der Waals surface area contributed by atoms with Crippen molar-refractivity contribution in [2.45, 2.75) is 53.1 Å². The number of halogens is 12. The lowest BCUT2D eigenvalue weighted by atomic mass is 10.0. The van der Waals surface area contributed by atoms with Gasteiger partial charge in [0.2, 0.25) is 20.0 Å². The van der Waals surface area contributed by atoms with Gasteiger partial charge in [0, 0.05) is 52.4 Å². The van der Waals surface area contributed by atoms with Gasteiger partial charge in [-0.05, 0) is 46.5 Å². The van der Waals surface area contributed by atoms with Gasteiger partial charge in [-0.15, -0.1) is 0 Å². The molecule has 2 fully saturated rings. The van der Waals surface area contributed by atoms with E-state index in [0.29, 0.717) is 26.1 Å². The zero-order chi connectivity index (χ0) is 43.9. The molecule has 0 spiro atoms. The molecule has 0 bridgehead atoms. The van der Waals surface area contributed by atoms with Gasteiger partial charge in [-0.25, -0.2) is 26.4 Å². The van der Waals surface area contributed by atoms with Crippen molar-refractivity contribution >= 4 is 43.0 Å². The molecule has 2 aliphatic heterocycles. The summed E-state index contributed by atoms with van der Waals surface area (Å²) in [6.07, 6.45) is -36.5. The average Bonchev–Trinajstić information content (AvgIpc) is 3.14. The molecule has 59 heavy (non-hydrogen) atoms. The van der Waals surface area contributed by atoms with Crippen LogP contribution in [0.5, 0.6) is 0 Å². The number of ether oxygens (including phenoxy) is 2. The second-order valence-electron chi connectivity index (χ2n) is 13.1. The largest absolute Gasteiger partial charge is 0.434 e. The molecule has 12 nitrogen and oxygen atoms in total. The van der Waals surface area contributed by atoms with Crippen LogP contribution < -0.4 is 0 Å². The minimum absolute atomic E-state index is 0.0491. The van der Waals surface area contributed by atoms with Crippen LogP contribution in [0, 0.1) is 0 Å². The van der Waals surface area contributed by atoms with E-state index >= 15 is 0 Å². The lowest BCUT2D eigenvalue weighted by Crippen LogP contribution is -2.53. The lowest BCUT2D eigenvalue weighted by Gasteiger charge is -2.34. The Morgan fingerprint density at radius 1 is 0.542 bits per heavy atom. The normalized spacial score (nSPS) is 17.2. The SMILES string of the molecule is O=C(OC(C(F)(F)F)C(F)(F)F)N1CCN(S(=O)(=O)c2ccc3ccc(Cc4ccccc4S(=O)(=O)N4CCN(C(=O)OC(C(F)(F)F)C(F)(F)F)CC4)cc3c2)CC1. The van der Waals surface area contributed by atoms with Gasteiger partial charge >= 0.3 is 36.9 Å². The lowest BCUT2D eigenvalue weighted by molar-refractivity contribution is -0.309. The van der Waals surface area contributed by atoms with Gasteiger partial charge in [0.05, 0.1) is 9.79 Å². The molecule has 2 heterocycles. The number of sulfonamides is 2. The fourth-order valence-electron chi connectivity index (χ4n) is 6.17. The first-order valence-electron chi connectivity index (χ1n) is 16.9. The molecule has 5 rings (SSSR count). The number of hydrogen-bond acceptors (Lipinski definition) is 8. The highest BCUT2D eigenvalue weighted by molar-refractivity contribution is 7.89. The van der Waals surface area contributed by atoms with E-state index in [9.17, 15) is 79.1 Å². The van der Waals surface area contributed by atoms with Crippen molar-refractivity contribution in [1.82, 2.24) is 18.4 Å². The van der Waals surface area contributed by atoms with Crippen LogP contribution in [0.2, 0.25) is 0 Å². The van der Waals surface area contributed by atoms with Crippen LogP contribution in [0.1, 0.15) is 11.1 Å². The van der Waals surface area contributed by atoms with Crippen molar-refractivity contribution < 1.29 is 88.6 Å². The molecular formula is C33H30F12N4O8S2. The molecular weight excluding hydrogens is 872 g/mol. The van der Waals surface area contributed by atoms with Gasteiger partial charge in [-0.3, -0.25) is 0 Å². The molecule has 0 atom stereocenters. The first-order chi connectivity index (χ1) is 27.1. The maximum absolute atomic E-state index is 13.7. The minimum atomic E-state index is -5.95. The van der Waals surface area contributed by atoms with E-state index in [0.717, 1.165) is 8.61 Å². The van der Waals surface area contributed by atoms with Gasteiger partial charge in [-0.2, -0.15) is 61.3 Å². The highest BCUT2D eigenvalue weighted by Crippen LogP contribution is 2.38. The maximum atomic E-state index is 13.7. The number of carbonyl (C=O) groups excluding carboxylic acids is 2. The number of nitrogens with zero attached hydrogens (tertiary/aromatic N) is 4. The standard InChI is InChI=1S/C33H30F12N4O8S2/c34-30(35,36)26(31(37,38)39)56-28(50)46-9-13-48(14-10-46)58(52,53)24-8-7-21-6-5-20(18-23(21)19-24)17-22-3-1-2-4-25(22)59(54,55)49-15-11-47(12-16-49)29(51)57-27(32(40,41)42)33(43,44)45/h1-8,18-19,26-27H,9-17H2. The van der Waals surface area contributed by atoms with Gasteiger partial charge in [-0.1, -0.05) is 42.5 Å². The number of carbonyl (C=O) groups is 2. The summed E-state index contributed by atoms with van der Waals surface area (Å²) in [4.78, 5) is 24.9. The van der Waals surface area contributed by atoms with Crippen molar-refractivity contribution in [3.8, 4) is 0 Å². The summed E-state index contributed by atoms with van der Waals surface area (Å²) in [6, 6.07) is 14.4. The average molecular weight is 903 g/mol. The van der Waals surface area contributed by atoms with E-state index in [2.05, 4.69) is 9.47 Å². The second kappa shape index (κ2) is 16.5. The minimum Gasteiger partial charge on any atom is -0.426 e. The Labute approximate surface area is 326 Å². The van der Waals surface area contributed by atoms with E-state index in [1.54, 1.807) is 18.2 Å². The Kier molecular flexibility index (Phi) is 12.7. The van der Waals surface area contributed by atoms with Crippen molar-refractivity contribution in [1.29, 1.82) is 0 Å². The van der Waals surface area contributed by atoms with Crippen LogP contribution >= 0.6 is 0 Å². The van der Waals surface area contributed by atoms with Gasteiger partial charge < -0.3 is 19.3 Å². The molecule has 26 heteroatoms. The van der Waals surface area contributed by atoms with Crippen LogP contribution in [0.4, 0.5) is 62.3 Å². The van der Waals surface area contributed by atoms with E-state index in [1.165, 1.54) is 42.5 Å². The third-order valence-corrected chi connectivity index (χ3v) is 13.0. The number of alkyl halides is 12. The first-order valence-corrected chi connectivity index (χ1v) is 19.8. The topological polar surface area (TPSA) is 134 Å². The Bertz CT molecular complexity index is 2230. The van der Waals surface area contributed by atoms with Crippen LogP contribution in [0.3, 0.4) is 0 Å². The molecule has 0 aromatic heterocycles. The number of hydrogen-bond donors (Lipinski definition) is 0. The highest BCUT2D eigenvalue weighted by atomic mass is 32.2. The molecule has 2 amide bonds. The highest BCUT2D eigenvalue weighted by Gasteiger charge is 2.61. The first kappa shape index (κ1) is 45.5. The van der Waals surface area contributed by atoms with E-state index in [1.807, 2.05) is 0 Å². The zero-order valence-corrected chi connectivity index (χ0v) is 31.3. The molecule has 2 aliphatic rings. The molecule has 0 unspecified atom stereocenters. The molecule has 2 saturated heterocycles. The summed E-state index contributed by atoms with van der Waals surface area (Å²) in [5.41, 5.74) is 0.720. The molecule has 0 aliphatic carbocycles. The quantitative estimate of drug-likeness (QED) is 0.241. The van der Waals surface area contributed by atoms with Crippen molar-refractivity contribution in [2.24, 2.45) is 0 Å². The molecule has 326 valence electrons. The Morgan fingerprint density at radius 2 is 0.966 bits per heavy atom. The van der Waals surface area contributed by atoms with Crippen molar-refractivity contribution in [3.63, 3.8) is 0 Å². The van der Waals surface area contributed by atoms with Crippen LogP contribution in [-0.4, -0.2) is 137 Å². The van der Waals surface area contributed by atoms with E-state index in [-0.39, 0.29) is 21.8 Å². The second-order valence-corrected chi connectivity index (χ2v) is 16.9. The third-order valence-electron chi connectivity index (χ3n) is 9.12. The summed E-state index contributed by atoms with van der Waals surface area (Å²) >= 11 is 0. The smallest absolute Gasteiger partial charge is 0.426 e. The number of rotatable bonds is 8. The van der Waals surface area contributed by atoms with E-state index in [4.69, 9.17) is 0 Å². The maximum Gasteiger partial charge on any atom is 0.434 e. The number of piperazine rings is 2. The fourth-order valence-corrected chi connectivity index (χ4v) is 9.27. The van der Waals surface area contributed by atoms with Crippen LogP contribution in [-0.2, 0) is 35.9 Å². The van der Waals surface area contributed by atoms with Gasteiger partial charge in [0.25, 0.3) is 12.2 Å². The van der Waals surface area contributed by atoms with Gasteiger partial charge in [0.15, 0.2) is 0 Å².